The molecule has 0 amide bonds. The van der Waals surface area contributed by atoms with Gasteiger partial charge in [-0.2, -0.15) is 0 Å². The lowest BCUT2D eigenvalue weighted by Gasteiger charge is -1.98. The standard InChI is InChI=1S/C16H15NO/c1-18-11-12-7-8-14-10-16(17-15(14)9-12)13-5-3-2-4-6-13/h2-10,17H,11H2,1H3. The summed E-state index contributed by atoms with van der Waals surface area (Å²) in [5.74, 6) is 0. The summed E-state index contributed by atoms with van der Waals surface area (Å²) < 4.78 is 5.15. The fourth-order valence-corrected chi connectivity index (χ4v) is 2.20. The number of benzene rings is 2. The van der Waals surface area contributed by atoms with E-state index in [1.165, 1.54) is 16.5 Å². The van der Waals surface area contributed by atoms with Crippen LogP contribution in [0.1, 0.15) is 5.56 Å². The number of hydrogen-bond donors (Lipinski definition) is 1. The van der Waals surface area contributed by atoms with Gasteiger partial charge in [0.1, 0.15) is 0 Å². The van der Waals surface area contributed by atoms with E-state index >= 15 is 0 Å². The fraction of sp³-hybridized carbons (Fsp3) is 0.125. The molecule has 0 bridgehead atoms. The van der Waals surface area contributed by atoms with Gasteiger partial charge in [-0.05, 0) is 23.3 Å². The van der Waals surface area contributed by atoms with Crippen molar-refractivity contribution >= 4 is 10.9 Å². The van der Waals surface area contributed by atoms with E-state index in [9.17, 15) is 0 Å². The zero-order valence-corrected chi connectivity index (χ0v) is 10.3. The molecular weight excluding hydrogens is 222 g/mol. The first-order valence-corrected chi connectivity index (χ1v) is 6.03. The van der Waals surface area contributed by atoms with Crippen molar-refractivity contribution in [1.29, 1.82) is 0 Å². The molecule has 0 atom stereocenters. The number of methoxy groups -OCH3 is 1. The predicted molar refractivity (Wildman–Crippen MR) is 74.4 cm³/mol. The predicted octanol–water partition coefficient (Wildman–Crippen LogP) is 3.98. The maximum atomic E-state index is 5.15. The largest absolute Gasteiger partial charge is 0.380 e. The molecule has 18 heavy (non-hydrogen) atoms. The molecule has 2 nitrogen and oxygen atoms in total. The number of aromatic amines is 1. The average molecular weight is 237 g/mol. The summed E-state index contributed by atoms with van der Waals surface area (Å²) in [6, 6.07) is 18.9. The van der Waals surface area contributed by atoms with E-state index in [2.05, 4.69) is 53.5 Å². The molecule has 0 aliphatic carbocycles. The van der Waals surface area contributed by atoms with Crippen molar-refractivity contribution in [3.8, 4) is 11.3 Å². The first kappa shape index (κ1) is 11.1. The molecule has 2 aromatic carbocycles. The van der Waals surface area contributed by atoms with Crippen LogP contribution < -0.4 is 0 Å². The normalized spacial score (nSPS) is 10.9. The smallest absolute Gasteiger partial charge is 0.0713 e. The summed E-state index contributed by atoms with van der Waals surface area (Å²) in [6.45, 7) is 0.648. The van der Waals surface area contributed by atoms with E-state index in [0.717, 1.165) is 11.2 Å². The first-order chi connectivity index (χ1) is 8.86. The highest BCUT2D eigenvalue weighted by molar-refractivity contribution is 5.86. The molecule has 0 saturated heterocycles. The lowest BCUT2D eigenvalue weighted by Crippen LogP contribution is -1.86. The van der Waals surface area contributed by atoms with Crippen molar-refractivity contribution in [3.05, 3.63) is 60.2 Å². The van der Waals surface area contributed by atoms with Gasteiger partial charge in [-0.25, -0.2) is 0 Å². The van der Waals surface area contributed by atoms with Crippen molar-refractivity contribution < 1.29 is 4.74 Å². The van der Waals surface area contributed by atoms with Crippen LogP contribution in [0.2, 0.25) is 0 Å². The lowest BCUT2D eigenvalue weighted by atomic mass is 10.1. The molecule has 0 aliphatic heterocycles. The van der Waals surface area contributed by atoms with E-state index in [-0.39, 0.29) is 0 Å². The molecular formula is C16H15NO. The van der Waals surface area contributed by atoms with Gasteiger partial charge >= 0.3 is 0 Å². The molecule has 1 aromatic heterocycles. The van der Waals surface area contributed by atoms with Crippen LogP contribution in [0, 0.1) is 0 Å². The monoisotopic (exact) mass is 237 g/mol. The van der Waals surface area contributed by atoms with Gasteiger partial charge in [0.05, 0.1) is 6.61 Å². The van der Waals surface area contributed by atoms with Gasteiger partial charge in [-0.15, -0.1) is 0 Å². The van der Waals surface area contributed by atoms with Crippen molar-refractivity contribution in [1.82, 2.24) is 4.98 Å². The molecule has 0 aliphatic rings. The third kappa shape index (κ3) is 2.03. The third-order valence-corrected chi connectivity index (χ3v) is 3.08. The van der Waals surface area contributed by atoms with Gasteiger partial charge in [0.2, 0.25) is 0 Å². The van der Waals surface area contributed by atoms with E-state index in [0.29, 0.717) is 6.61 Å². The quantitative estimate of drug-likeness (QED) is 0.732. The maximum Gasteiger partial charge on any atom is 0.0713 e. The molecule has 0 spiro atoms. The summed E-state index contributed by atoms with van der Waals surface area (Å²) in [5, 5.41) is 1.23. The first-order valence-electron chi connectivity index (χ1n) is 6.03. The van der Waals surface area contributed by atoms with Crippen molar-refractivity contribution in [2.45, 2.75) is 6.61 Å². The second kappa shape index (κ2) is 4.67. The van der Waals surface area contributed by atoms with Crippen LogP contribution in [-0.4, -0.2) is 12.1 Å². The molecule has 1 N–H and O–H groups in total. The van der Waals surface area contributed by atoms with Crippen LogP contribution in [0.3, 0.4) is 0 Å². The Morgan fingerprint density at radius 3 is 2.61 bits per heavy atom. The topological polar surface area (TPSA) is 25.0 Å². The molecule has 2 heteroatoms. The molecule has 0 radical (unpaired) electrons. The number of aromatic nitrogens is 1. The van der Waals surface area contributed by atoms with Gasteiger partial charge < -0.3 is 9.72 Å². The maximum absolute atomic E-state index is 5.15. The zero-order valence-electron chi connectivity index (χ0n) is 10.3. The minimum atomic E-state index is 0.648. The van der Waals surface area contributed by atoms with Gasteiger partial charge in [-0.3, -0.25) is 0 Å². The molecule has 1 heterocycles. The minimum absolute atomic E-state index is 0.648. The van der Waals surface area contributed by atoms with Crippen LogP contribution in [0.25, 0.3) is 22.2 Å². The number of nitrogens with one attached hydrogen (secondary N) is 1. The van der Waals surface area contributed by atoms with E-state index in [1.54, 1.807) is 7.11 Å². The van der Waals surface area contributed by atoms with Crippen molar-refractivity contribution in [2.75, 3.05) is 7.11 Å². The van der Waals surface area contributed by atoms with Gasteiger partial charge in [-0.1, -0.05) is 42.5 Å². The van der Waals surface area contributed by atoms with E-state index in [1.807, 2.05) is 6.07 Å². The van der Waals surface area contributed by atoms with Gasteiger partial charge in [0.25, 0.3) is 0 Å². The number of ether oxygens (including phenoxy) is 1. The summed E-state index contributed by atoms with van der Waals surface area (Å²) in [6.07, 6.45) is 0. The Morgan fingerprint density at radius 1 is 1.00 bits per heavy atom. The van der Waals surface area contributed by atoms with Crippen molar-refractivity contribution in [2.24, 2.45) is 0 Å². The Bertz CT molecular complexity index is 655. The van der Waals surface area contributed by atoms with Crippen LogP contribution in [0.15, 0.2) is 54.6 Å². The Hall–Kier alpha value is -2.06. The summed E-state index contributed by atoms with van der Waals surface area (Å²) >= 11 is 0. The second-order valence-electron chi connectivity index (χ2n) is 4.40. The molecule has 3 aromatic rings. The zero-order chi connectivity index (χ0) is 12.4. The average Bonchev–Trinajstić information content (AvgIpc) is 2.83. The van der Waals surface area contributed by atoms with Crippen LogP contribution in [-0.2, 0) is 11.3 Å². The Labute approximate surface area is 106 Å². The second-order valence-corrected chi connectivity index (χ2v) is 4.40. The van der Waals surface area contributed by atoms with Gasteiger partial charge in [0.15, 0.2) is 0 Å². The Kier molecular flexibility index (Phi) is 2.87. The molecule has 3 rings (SSSR count). The molecule has 90 valence electrons. The number of rotatable bonds is 3. The number of H-pyrrole nitrogens is 1. The van der Waals surface area contributed by atoms with E-state index < -0.39 is 0 Å². The summed E-state index contributed by atoms with van der Waals surface area (Å²) in [4.78, 5) is 3.46. The van der Waals surface area contributed by atoms with Crippen molar-refractivity contribution in [3.63, 3.8) is 0 Å². The third-order valence-electron chi connectivity index (χ3n) is 3.08. The lowest BCUT2D eigenvalue weighted by molar-refractivity contribution is 0.185. The van der Waals surface area contributed by atoms with Gasteiger partial charge in [0, 0.05) is 23.7 Å². The summed E-state index contributed by atoms with van der Waals surface area (Å²) in [5.41, 5.74) is 4.71. The van der Waals surface area contributed by atoms with Crippen LogP contribution in [0.5, 0.6) is 0 Å². The Morgan fingerprint density at radius 2 is 1.83 bits per heavy atom. The molecule has 0 fully saturated rings. The van der Waals surface area contributed by atoms with Crippen LogP contribution >= 0.6 is 0 Å². The summed E-state index contributed by atoms with van der Waals surface area (Å²) in [7, 11) is 1.72. The molecule has 0 unspecified atom stereocenters. The minimum Gasteiger partial charge on any atom is -0.380 e. The number of fused-ring (bicyclic) bond motifs is 1. The number of hydrogen-bond acceptors (Lipinski definition) is 1. The fourth-order valence-electron chi connectivity index (χ4n) is 2.20. The molecule has 0 saturated carbocycles. The highest BCUT2D eigenvalue weighted by Gasteiger charge is 2.03. The SMILES string of the molecule is COCc1ccc2cc(-c3ccccc3)[nH]c2c1. The van der Waals surface area contributed by atoms with Crippen LogP contribution in [0.4, 0.5) is 0 Å². The highest BCUT2D eigenvalue weighted by atomic mass is 16.5. The highest BCUT2D eigenvalue weighted by Crippen LogP contribution is 2.24. The van der Waals surface area contributed by atoms with E-state index in [4.69, 9.17) is 4.74 Å². The Balaban J connectivity index is 2.06.